The molecule has 2 unspecified atom stereocenters. The SMILES string of the molecule is COc1ccc2c(O[C@@H]3C[C@H]4C(=O)NC5(C(=O)NS(=O)(=O)C6(C)CC6)CC5/C=C\CC[C@@H](C)C[C@@H](C)[C@H](NC(=O)O)C(=O)N4C3)nc(-c3ccc(F)cc3)cc2c1. The molecule has 1 aromatic heterocycles. The number of sulfonamides is 1. The van der Waals surface area contributed by atoms with E-state index in [0.29, 0.717) is 59.9 Å². The van der Waals surface area contributed by atoms with Gasteiger partial charge in [0.2, 0.25) is 27.7 Å². The third-order valence-electron chi connectivity index (χ3n) is 11.9. The zero-order valence-electron chi connectivity index (χ0n) is 32.3. The van der Waals surface area contributed by atoms with Crippen LogP contribution in [0.3, 0.4) is 0 Å². The zero-order chi connectivity index (χ0) is 40.9. The van der Waals surface area contributed by atoms with Crippen LogP contribution in [0.25, 0.3) is 22.0 Å². The van der Waals surface area contributed by atoms with Crippen LogP contribution in [0, 0.1) is 23.6 Å². The molecule has 3 aromatic rings. The van der Waals surface area contributed by atoms with Crippen LogP contribution in [0.5, 0.6) is 11.6 Å². The maximum absolute atomic E-state index is 14.6. The summed E-state index contributed by atoms with van der Waals surface area (Å²) in [5, 5.41) is 16.4. The molecule has 16 heteroatoms. The highest BCUT2D eigenvalue weighted by Crippen LogP contribution is 2.48. The summed E-state index contributed by atoms with van der Waals surface area (Å²) in [6, 6.07) is 10.5. The summed E-state index contributed by atoms with van der Waals surface area (Å²) in [7, 11) is -2.50. The lowest BCUT2D eigenvalue weighted by Gasteiger charge is -2.32. The van der Waals surface area contributed by atoms with Gasteiger partial charge < -0.3 is 30.1 Å². The van der Waals surface area contributed by atoms with Gasteiger partial charge in [-0.25, -0.2) is 22.6 Å². The van der Waals surface area contributed by atoms with Gasteiger partial charge >= 0.3 is 6.09 Å². The molecule has 2 aromatic carbocycles. The number of amides is 4. The Morgan fingerprint density at radius 2 is 1.81 bits per heavy atom. The minimum Gasteiger partial charge on any atom is -0.497 e. The smallest absolute Gasteiger partial charge is 0.405 e. The molecule has 14 nitrogen and oxygen atoms in total. The summed E-state index contributed by atoms with van der Waals surface area (Å²) in [5.41, 5.74) is -0.505. The number of carboxylic acid groups (broad SMARTS) is 1. The van der Waals surface area contributed by atoms with Crippen LogP contribution >= 0.6 is 0 Å². The van der Waals surface area contributed by atoms with Crippen LogP contribution in [-0.4, -0.2) is 89.4 Å². The molecule has 4 aliphatic rings. The first-order valence-corrected chi connectivity index (χ1v) is 20.8. The van der Waals surface area contributed by atoms with Crippen LogP contribution in [0.4, 0.5) is 9.18 Å². The van der Waals surface area contributed by atoms with Gasteiger partial charge in [0.1, 0.15) is 35.3 Å². The molecule has 1 saturated heterocycles. The van der Waals surface area contributed by atoms with Crippen molar-refractivity contribution in [2.75, 3.05) is 13.7 Å². The Morgan fingerprint density at radius 1 is 1.07 bits per heavy atom. The van der Waals surface area contributed by atoms with Crippen molar-refractivity contribution in [3.8, 4) is 22.9 Å². The molecule has 2 saturated carbocycles. The Morgan fingerprint density at radius 3 is 2.49 bits per heavy atom. The molecular formula is C41H48FN5O9S. The number of nitrogens with one attached hydrogen (secondary N) is 3. The first-order chi connectivity index (χ1) is 27.0. The number of benzene rings is 2. The monoisotopic (exact) mass is 805 g/mol. The lowest BCUT2D eigenvalue weighted by molar-refractivity contribution is -0.142. The van der Waals surface area contributed by atoms with Crippen molar-refractivity contribution in [3.05, 3.63) is 66.5 Å². The van der Waals surface area contributed by atoms with Gasteiger partial charge in [0.25, 0.3) is 5.91 Å². The predicted octanol–water partition coefficient (Wildman–Crippen LogP) is 4.92. The topological polar surface area (TPSA) is 193 Å². The van der Waals surface area contributed by atoms with E-state index in [1.807, 2.05) is 25.1 Å². The van der Waals surface area contributed by atoms with E-state index in [1.54, 1.807) is 44.2 Å². The fourth-order valence-corrected chi connectivity index (χ4v) is 9.39. The summed E-state index contributed by atoms with van der Waals surface area (Å²) < 4.78 is 53.4. The van der Waals surface area contributed by atoms with Gasteiger partial charge in [0.15, 0.2) is 0 Å². The molecule has 4 N–H and O–H groups in total. The highest BCUT2D eigenvalue weighted by Gasteiger charge is 2.63. The molecule has 2 aliphatic heterocycles. The number of hydrogen-bond donors (Lipinski definition) is 4. The van der Waals surface area contributed by atoms with Gasteiger partial charge in [-0.2, -0.15) is 0 Å². The Labute approximate surface area is 330 Å². The molecule has 0 radical (unpaired) electrons. The van der Waals surface area contributed by atoms with Gasteiger partial charge in [0, 0.05) is 23.3 Å². The molecular weight excluding hydrogens is 758 g/mol. The van der Waals surface area contributed by atoms with E-state index >= 15 is 0 Å². The normalized spacial score (nSPS) is 29.1. The van der Waals surface area contributed by atoms with Crippen LogP contribution in [0.15, 0.2) is 60.7 Å². The maximum Gasteiger partial charge on any atom is 0.405 e. The molecule has 3 fully saturated rings. The summed E-state index contributed by atoms with van der Waals surface area (Å²) in [5.74, 6) is -2.70. The lowest BCUT2D eigenvalue weighted by Crippen LogP contribution is -2.59. The highest BCUT2D eigenvalue weighted by molar-refractivity contribution is 7.91. The van der Waals surface area contributed by atoms with Crippen LogP contribution < -0.4 is 24.8 Å². The number of pyridine rings is 1. The predicted molar refractivity (Wildman–Crippen MR) is 208 cm³/mol. The standard InChI is InChI=1S/C41H48FN5O9S/c1-23-7-5-6-8-27-21-41(27,38(50)46-57(53,54)40(3)15-16-40)45-35(48)33-20-30(22-47(33)37(49)34(24(2)17-23)44-39(51)52)56-36-31-14-13-29(55-4)18-26(31)19-32(43-36)25-9-11-28(42)12-10-25/h6,8-14,18-19,23-24,27,30,33-34,44H,5,7,15-17,20-22H2,1-4H3,(H,45,48)(H,46,50)(H,51,52)/b8-6-/t23-,24-,27?,30-,33+,34+,41?/m1/s1. The molecule has 4 amide bonds. The lowest BCUT2D eigenvalue weighted by atomic mass is 9.88. The van der Waals surface area contributed by atoms with Crippen LogP contribution in [0.2, 0.25) is 0 Å². The fraction of sp³-hybridized carbons (Fsp3) is 0.488. The summed E-state index contributed by atoms with van der Waals surface area (Å²) in [4.78, 5) is 61.1. The molecule has 304 valence electrons. The van der Waals surface area contributed by atoms with Gasteiger partial charge in [-0.15, -0.1) is 0 Å². The molecule has 2 aliphatic carbocycles. The number of carbonyl (C=O) groups is 4. The zero-order valence-corrected chi connectivity index (χ0v) is 33.1. The Balaban J connectivity index is 1.25. The highest BCUT2D eigenvalue weighted by atomic mass is 32.2. The second-order valence-corrected chi connectivity index (χ2v) is 18.5. The molecule has 57 heavy (non-hydrogen) atoms. The molecule has 0 spiro atoms. The van der Waals surface area contributed by atoms with E-state index in [9.17, 15) is 37.1 Å². The van der Waals surface area contributed by atoms with Crippen LogP contribution in [-0.2, 0) is 24.4 Å². The number of carbonyl (C=O) groups excluding carboxylic acids is 3. The third-order valence-corrected chi connectivity index (χ3v) is 14.1. The second-order valence-electron chi connectivity index (χ2n) is 16.3. The number of fused-ring (bicyclic) bond motifs is 3. The quantitative estimate of drug-likeness (QED) is 0.227. The number of methoxy groups -OCH3 is 1. The van der Waals surface area contributed by atoms with Crippen molar-refractivity contribution in [2.24, 2.45) is 17.8 Å². The number of hydrogen-bond acceptors (Lipinski definition) is 9. The van der Waals surface area contributed by atoms with Crippen molar-refractivity contribution in [2.45, 2.75) is 94.2 Å². The summed E-state index contributed by atoms with van der Waals surface area (Å²) >= 11 is 0. The maximum atomic E-state index is 14.6. The van der Waals surface area contributed by atoms with Gasteiger partial charge in [-0.05, 0) is 111 Å². The van der Waals surface area contributed by atoms with E-state index < -0.39 is 80.0 Å². The molecule has 0 bridgehead atoms. The number of rotatable bonds is 8. The number of nitrogens with zero attached hydrogens (tertiary/aromatic N) is 2. The Kier molecular flexibility index (Phi) is 10.7. The van der Waals surface area contributed by atoms with Gasteiger partial charge in [-0.1, -0.05) is 26.0 Å². The largest absolute Gasteiger partial charge is 0.497 e. The third kappa shape index (κ3) is 8.14. The number of aromatic nitrogens is 1. The summed E-state index contributed by atoms with van der Waals surface area (Å²) in [6.07, 6.45) is 4.28. The first kappa shape index (κ1) is 40.0. The van der Waals surface area contributed by atoms with E-state index in [0.717, 1.165) is 0 Å². The van der Waals surface area contributed by atoms with Gasteiger partial charge in [-0.3, -0.25) is 19.1 Å². The van der Waals surface area contributed by atoms with E-state index in [1.165, 1.54) is 24.1 Å². The second kappa shape index (κ2) is 15.3. The fourth-order valence-electron chi connectivity index (χ4n) is 8.08. The number of halogens is 1. The molecule has 7 rings (SSSR count). The molecule has 7 atom stereocenters. The van der Waals surface area contributed by atoms with Crippen molar-refractivity contribution < 1.29 is 46.6 Å². The number of allylic oxidation sites excluding steroid dienone is 1. The Hall–Kier alpha value is -5.25. The molecule has 3 heterocycles. The van der Waals surface area contributed by atoms with Crippen molar-refractivity contribution in [1.29, 1.82) is 0 Å². The number of ether oxygens (including phenoxy) is 2. The van der Waals surface area contributed by atoms with Crippen LogP contribution in [0.1, 0.15) is 65.7 Å². The van der Waals surface area contributed by atoms with Crippen molar-refractivity contribution >= 4 is 44.6 Å². The Bertz CT molecular complexity index is 2230. The minimum atomic E-state index is -4.04. The average molecular weight is 806 g/mol. The van der Waals surface area contributed by atoms with Gasteiger partial charge in [0.05, 0.1) is 24.1 Å². The van der Waals surface area contributed by atoms with E-state index in [2.05, 4.69) is 15.4 Å². The summed E-state index contributed by atoms with van der Waals surface area (Å²) in [6.45, 7) is 5.24. The van der Waals surface area contributed by atoms with Crippen molar-refractivity contribution in [1.82, 2.24) is 25.2 Å². The van der Waals surface area contributed by atoms with E-state index in [4.69, 9.17) is 14.5 Å². The average Bonchev–Trinajstić information content (AvgIpc) is 4.05. The van der Waals surface area contributed by atoms with E-state index in [-0.39, 0.29) is 31.2 Å². The first-order valence-electron chi connectivity index (χ1n) is 19.3. The minimum absolute atomic E-state index is 0.0587. The van der Waals surface area contributed by atoms with Crippen molar-refractivity contribution in [3.63, 3.8) is 0 Å².